The van der Waals surface area contributed by atoms with E-state index >= 15 is 0 Å². The van der Waals surface area contributed by atoms with E-state index in [0.29, 0.717) is 15.6 Å². The van der Waals surface area contributed by atoms with E-state index in [4.69, 9.17) is 5.14 Å². The lowest BCUT2D eigenvalue weighted by Crippen LogP contribution is -2.32. The largest absolute Gasteiger partial charge is 0.349 e. The highest BCUT2D eigenvalue weighted by Crippen LogP contribution is 2.27. The first-order valence-electron chi connectivity index (χ1n) is 6.43. The van der Waals surface area contributed by atoms with Gasteiger partial charge in [0.25, 0.3) is 5.91 Å². The molecular weight excluding hydrogens is 344 g/mol. The predicted octanol–water partition coefficient (Wildman–Crippen LogP) is 2.08. The standard InChI is InChI=1S/C13H17BrN2O3S/c1-8-6-9(7-11(12(8)14)20(15,18)19)13(17)16-10-4-2-3-5-10/h6-7,10H,2-5H2,1H3,(H,16,17)(H2,15,18,19). The molecule has 0 aliphatic heterocycles. The van der Waals surface area contributed by atoms with Gasteiger partial charge in [-0.05, 0) is 53.4 Å². The second-order valence-electron chi connectivity index (χ2n) is 5.11. The number of hydrogen-bond donors (Lipinski definition) is 2. The van der Waals surface area contributed by atoms with Crippen molar-refractivity contribution in [2.45, 2.75) is 43.5 Å². The number of benzene rings is 1. The fourth-order valence-electron chi connectivity index (χ4n) is 2.41. The number of halogens is 1. The van der Waals surface area contributed by atoms with Crippen molar-refractivity contribution in [3.63, 3.8) is 0 Å². The Bertz CT molecular complexity index is 637. The highest BCUT2D eigenvalue weighted by atomic mass is 79.9. The molecule has 0 saturated heterocycles. The molecular formula is C13H17BrN2O3S. The van der Waals surface area contributed by atoms with Crippen molar-refractivity contribution >= 4 is 31.9 Å². The smallest absolute Gasteiger partial charge is 0.251 e. The number of primary sulfonamides is 1. The quantitative estimate of drug-likeness (QED) is 0.864. The molecule has 1 amide bonds. The normalized spacial score (nSPS) is 16.4. The van der Waals surface area contributed by atoms with Gasteiger partial charge in [-0.1, -0.05) is 12.8 Å². The molecule has 0 bridgehead atoms. The van der Waals surface area contributed by atoms with Crippen LogP contribution in [-0.4, -0.2) is 20.4 Å². The summed E-state index contributed by atoms with van der Waals surface area (Å²) in [4.78, 5) is 12.1. The summed E-state index contributed by atoms with van der Waals surface area (Å²) in [6.45, 7) is 1.73. The van der Waals surface area contributed by atoms with Crippen molar-refractivity contribution in [3.05, 3.63) is 27.7 Å². The summed E-state index contributed by atoms with van der Waals surface area (Å²) in [5.74, 6) is -0.252. The molecule has 1 aliphatic rings. The van der Waals surface area contributed by atoms with Crippen molar-refractivity contribution < 1.29 is 13.2 Å². The summed E-state index contributed by atoms with van der Waals surface area (Å²) in [5, 5.41) is 8.10. The molecule has 110 valence electrons. The molecule has 1 aliphatic carbocycles. The van der Waals surface area contributed by atoms with Gasteiger partial charge in [0.1, 0.15) is 0 Å². The maximum absolute atomic E-state index is 12.2. The number of nitrogens with one attached hydrogen (secondary N) is 1. The average Bonchev–Trinajstić information content (AvgIpc) is 2.83. The maximum atomic E-state index is 12.2. The summed E-state index contributed by atoms with van der Waals surface area (Å²) >= 11 is 3.20. The first-order chi connectivity index (χ1) is 9.29. The van der Waals surface area contributed by atoms with E-state index in [9.17, 15) is 13.2 Å². The molecule has 0 aromatic heterocycles. The Morgan fingerprint density at radius 2 is 1.95 bits per heavy atom. The van der Waals surface area contributed by atoms with E-state index in [1.54, 1.807) is 13.0 Å². The number of aryl methyl sites for hydroxylation is 1. The van der Waals surface area contributed by atoms with E-state index in [1.165, 1.54) is 6.07 Å². The minimum atomic E-state index is -3.87. The molecule has 3 N–H and O–H groups in total. The summed E-state index contributed by atoms with van der Waals surface area (Å²) in [5.41, 5.74) is 0.981. The molecule has 2 rings (SSSR count). The number of carbonyl (C=O) groups is 1. The predicted molar refractivity (Wildman–Crippen MR) is 80.0 cm³/mol. The van der Waals surface area contributed by atoms with Crippen LogP contribution in [0.15, 0.2) is 21.5 Å². The molecule has 1 aromatic rings. The number of amides is 1. The third-order valence-electron chi connectivity index (χ3n) is 3.48. The van der Waals surface area contributed by atoms with Gasteiger partial charge in [-0.15, -0.1) is 0 Å². The fraction of sp³-hybridized carbons (Fsp3) is 0.462. The van der Waals surface area contributed by atoms with Gasteiger partial charge in [0.05, 0.1) is 4.90 Å². The van der Waals surface area contributed by atoms with Gasteiger partial charge >= 0.3 is 0 Å². The summed E-state index contributed by atoms with van der Waals surface area (Å²) in [7, 11) is -3.87. The fourth-order valence-corrected chi connectivity index (χ4v) is 4.02. The van der Waals surface area contributed by atoms with Gasteiger partial charge < -0.3 is 5.32 Å². The first-order valence-corrected chi connectivity index (χ1v) is 8.77. The summed E-state index contributed by atoms with van der Waals surface area (Å²) in [6.07, 6.45) is 4.19. The van der Waals surface area contributed by atoms with Crippen LogP contribution in [0.4, 0.5) is 0 Å². The van der Waals surface area contributed by atoms with E-state index in [2.05, 4.69) is 21.2 Å². The molecule has 0 unspecified atom stereocenters. The number of rotatable bonds is 3. The third kappa shape index (κ3) is 3.39. The molecule has 0 radical (unpaired) electrons. The van der Waals surface area contributed by atoms with Crippen LogP contribution in [0.1, 0.15) is 41.6 Å². The number of nitrogens with two attached hydrogens (primary N) is 1. The van der Waals surface area contributed by atoms with E-state index in [1.807, 2.05) is 0 Å². The monoisotopic (exact) mass is 360 g/mol. The van der Waals surface area contributed by atoms with Crippen LogP contribution in [0.3, 0.4) is 0 Å². The molecule has 1 aromatic carbocycles. The van der Waals surface area contributed by atoms with E-state index in [-0.39, 0.29) is 16.8 Å². The number of sulfonamides is 1. The van der Waals surface area contributed by atoms with Crippen LogP contribution in [0, 0.1) is 6.92 Å². The van der Waals surface area contributed by atoms with E-state index < -0.39 is 10.0 Å². The highest BCUT2D eigenvalue weighted by molar-refractivity contribution is 9.10. The van der Waals surface area contributed by atoms with Crippen molar-refractivity contribution in [2.75, 3.05) is 0 Å². The Balaban J connectivity index is 2.32. The van der Waals surface area contributed by atoms with Crippen LogP contribution in [0.25, 0.3) is 0 Å². The van der Waals surface area contributed by atoms with Crippen LogP contribution in [0.5, 0.6) is 0 Å². The summed E-state index contributed by atoms with van der Waals surface area (Å²) < 4.78 is 23.5. The van der Waals surface area contributed by atoms with Crippen LogP contribution in [0.2, 0.25) is 0 Å². The maximum Gasteiger partial charge on any atom is 0.251 e. The molecule has 0 atom stereocenters. The van der Waals surface area contributed by atoms with Crippen LogP contribution in [-0.2, 0) is 10.0 Å². The van der Waals surface area contributed by atoms with Gasteiger partial charge in [-0.3, -0.25) is 4.79 Å². The lowest BCUT2D eigenvalue weighted by atomic mass is 10.1. The lowest BCUT2D eigenvalue weighted by molar-refractivity contribution is 0.0937. The zero-order valence-electron chi connectivity index (χ0n) is 11.1. The Kier molecular flexibility index (Phi) is 4.51. The van der Waals surface area contributed by atoms with Crippen molar-refractivity contribution in [2.24, 2.45) is 5.14 Å². The topological polar surface area (TPSA) is 89.3 Å². The Morgan fingerprint density at radius 1 is 1.35 bits per heavy atom. The minimum absolute atomic E-state index is 0.0610. The zero-order chi connectivity index (χ0) is 14.9. The summed E-state index contributed by atoms with van der Waals surface area (Å²) in [6, 6.07) is 3.16. The Labute approximate surface area is 127 Å². The molecule has 5 nitrogen and oxygen atoms in total. The van der Waals surface area contributed by atoms with Crippen LogP contribution >= 0.6 is 15.9 Å². The molecule has 0 heterocycles. The highest BCUT2D eigenvalue weighted by Gasteiger charge is 2.21. The number of hydrogen-bond acceptors (Lipinski definition) is 3. The third-order valence-corrected chi connectivity index (χ3v) is 5.73. The van der Waals surface area contributed by atoms with Gasteiger partial charge in [-0.2, -0.15) is 0 Å². The van der Waals surface area contributed by atoms with Gasteiger partial charge in [0, 0.05) is 16.1 Å². The SMILES string of the molecule is Cc1cc(C(=O)NC2CCCC2)cc(S(N)(=O)=O)c1Br. The van der Waals surface area contributed by atoms with Crippen molar-refractivity contribution in [3.8, 4) is 0 Å². The van der Waals surface area contributed by atoms with Crippen LogP contribution < -0.4 is 10.5 Å². The Hall–Kier alpha value is -0.920. The number of carbonyl (C=O) groups excluding carboxylic acids is 1. The van der Waals surface area contributed by atoms with Crippen molar-refractivity contribution in [1.82, 2.24) is 5.32 Å². The second-order valence-corrected chi connectivity index (χ2v) is 7.43. The molecule has 1 saturated carbocycles. The zero-order valence-corrected chi connectivity index (χ0v) is 13.6. The average molecular weight is 361 g/mol. The van der Waals surface area contributed by atoms with Crippen molar-refractivity contribution in [1.29, 1.82) is 0 Å². The molecule has 7 heteroatoms. The molecule has 20 heavy (non-hydrogen) atoms. The first kappa shape index (κ1) is 15.5. The van der Waals surface area contributed by atoms with E-state index in [0.717, 1.165) is 25.7 Å². The Morgan fingerprint density at radius 3 is 2.50 bits per heavy atom. The molecule has 0 spiro atoms. The van der Waals surface area contributed by atoms with Gasteiger partial charge in [0.15, 0.2) is 0 Å². The lowest BCUT2D eigenvalue weighted by Gasteiger charge is -2.14. The van der Waals surface area contributed by atoms with Gasteiger partial charge in [0.2, 0.25) is 10.0 Å². The second kappa shape index (κ2) is 5.83. The van der Waals surface area contributed by atoms with Gasteiger partial charge in [-0.25, -0.2) is 13.6 Å². The molecule has 1 fully saturated rings. The minimum Gasteiger partial charge on any atom is -0.349 e.